The minimum Gasteiger partial charge on any atom is -0.479 e. The molecule has 0 heterocycles. The summed E-state index contributed by atoms with van der Waals surface area (Å²) < 4.78 is 114. The Morgan fingerprint density at radius 2 is 1.05 bits per heavy atom. The van der Waals surface area contributed by atoms with Gasteiger partial charge in [0.25, 0.3) is 0 Å². The Morgan fingerprint density at radius 3 is 1.38 bits per heavy atom. The van der Waals surface area contributed by atoms with E-state index in [1.165, 1.54) is 0 Å². The van der Waals surface area contributed by atoms with Crippen LogP contribution in [-0.2, 0) is 4.79 Å². The van der Waals surface area contributed by atoms with Gasteiger partial charge in [0.1, 0.15) is 6.67 Å². The molecule has 0 saturated carbocycles. The van der Waals surface area contributed by atoms with Crippen LogP contribution in [0.4, 0.5) is 39.5 Å². The first-order chi connectivity index (χ1) is 9.56. The van der Waals surface area contributed by atoms with Gasteiger partial charge in [-0.3, -0.25) is 0 Å². The van der Waals surface area contributed by atoms with E-state index in [2.05, 4.69) is 0 Å². The molecule has 0 aliphatic carbocycles. The third-order valence-electron chi connectivity index (χ3n) is 2.53. The summed E-state index contributed by atoms with van der Waals surface area (Å²) in [7, 11) is 0. The van der Waals surface area contributed by atoms with E-state index >= 15 is 0 Å². The molecule has 8 unspecified atom stereocenters. The molecule has 0 rings (SSSR count). The molecular weight excluding hydrogens is 323 g/mol. The second kappa shape index (κ2) is 8.32. The molecule has 21 heavy (non-hydrogen) atoms. The molecule has 0 fully saturated rings. The summed E-state index contributed by atoms with van der Waals surface area (Å²) in [5, 5.41) is 8.00. The Bertz CT molecular complexity index is 332. The van der Waals surface area contributed by atoms with Crippen molar-refractivity contribution in [3.05, 3.63) is 0 Å². The molecule has 1 N–H and O–H groups in total. The number of alkyl halides is 9. The minimum absolute atomic E-state index is 2.07. The zero-order chi connectivity index (χ0) is 16.9. The van der Waals surface area contributed by atoms with Gasteiger partial charge in [0.2, 0.25) is 6.17 Å². The fraction of sp³-hybridized carbons (Fsp3) is 0.900. The summed E-state index contributed by atoms with van der Waals surface area (Å²) in [5.41, 5.74) is 0. The van der Waals surface area contributed by atoms with E-state index in [9.17, 15) is 44.3 Å². The van der Waals surface area contributed by atoms with Gasteiger partial charge in [0.15, 0.2) is 43.2 Å². The van der Waals surface area contributed by atoms with Crippen molar-refractivity contribution in [1.82, 2.24) is 0 Å². The predicted molar refractivity (Wildman–Crippen MR) is 52.8 cm³/mol. The van der Waals surface area contributed by atoms with Crippen LogP contribution in [0.3, 0.4) is 0 Å². The van der Waals surface area contributed by atoms with Crippen LogP contribution >= 0.6 is 0 Å². The molecule has 0 spiro atoms. The van der Waals surface area contributed by atoms with Crippen molar-refractivity contribution in [1.29, 1.82) is 0 Å². The first kappa shape index (κ1) is 19.8. The first-order valence-electron chi connectivity index (χ1n) is 5.47. The molecule has 8 atom stereocenters. The van der Waals surface area contributed by atoms with E-state index in [1.807, 2.05) is 0 Å². The minimum atomic E-state index is -3.81. The monoisotopic (exact) mass is 334 g/mol. The molecule has 0 aliphatic rings. The van der Waals surface area contributed by atoms with Crippen LogP contribution < -0.4 is 0 Å². The number of carbonyl (C=O) groups is 1. The van der Waals surface area contributed by atoms with Gasteiger partial charge in [-0.05, 0) is 0 Å². The highest BCUT2D eigenvalue weighted by Gasteiger charge is 2.48. The van der Waals surface area contributed by atoms with Gasteiger partial charge < -0.3 is 5.11 Å². The van der Waals surface area contributed by atoms with Crippen molar-refractivity contribution in [3.8, 4) is 0 Å². The van der Waals surface area contributed by atoms with Crippen molar-refractivity contribution in [2.24, 2.45) is 0 Å². The van der Waals surface area contributed by atoms with Gasteiger partial charge in [-0.2, -0.15) is 0 Å². The van der Waals surface area contributed by atoms with E-state index in [-0.39, 0.29) is 0 Å². The summed E-state index contributed by atoms with van der Waals surface area (Å²) in [6, 6.07) is 0. The van der Waals surface area contributed by atoms with Crippen molar-refractivity contribution in [2.75, 3.05) is 6.67 Å². The van der Waals surface area contributed by atoms with E-state index in [4.69, 9.17) is 5.11 Å². The van der Waals surface area contributed by atoms with Crippen LogP contribution in [0.15, 0.2) is 0 Å². The molecule has 0 amide bonds. The molecule has 2 nitrogen and oxygen atoms in total. The van der Waals surface area contributed by atoms with Gasteiger partial charge in [0, 0.05) is 0 Å². The summed E-state index contributed by atoms with van der Waals surface area (Å²) in [6.45, 7) is -2.07. The second-order valence-corrected chi connectivity index (χ2v) is 4.08. The lowest BCUT2D eigenvalue weighted by atomic mass is 9.98. The molecule has 0 aromatic carbocycles. The number of hydrogen-bond donors (Lipinski definition) is 1. The molecule has 0 aromatic heterocycles. The smallest absolute Gasteiger partial charge is 0.341 e. The highest BCUT2D eigenvalue weighted by atomic mass is 19.2. The van der Waals surface area contributed by atoms with Crippen LogP contribution in [0.1, 0.15) is 0 Å². The van der Waals surface area contributed by atoms with Gasteiger partial charge in [-0.15, -0.1) is 0 Å². The van der Waals surface area contributed by atoms with E-state index < -0.39 is 62.0 Å². The van der Waals surface area contributed by atoms with E-state index in [0.29, 0.717) is 0 Å². The first-order valence-corrected chi connectivity index (χ1v) is 5.47. The molecule has 0 saturated heterocycles. The van der Waals surface area contributed by atoms with Gasteiger partial charge in [-0.1, -0.05) is 0 Å². The Morgan fingerprint density at radius 1 is 0.714 bits per heavy atom. The SMILES string of the molecule is O=C(O)C(F)C(F)C(F)C(F)C(F)C(F)C(F)C(F)CF. The molecule has 0 bridgehead atoms. The zero-order valence-corrected chi connectivity index (χ0v) is 10.1. The molecule has 0 radical (unpaired) electrons. The van der Waals surface area contributed by atoms with E-state index in [0.717, 1.165) is 0 Å². The average molecular weight is 334 g/mol. The van der Waals surface area contributed by atoms with Gasteiger partial charge in [-0.25, -0.2) is 44.3 Å². The highest BCUT2D eigenvalue weighted by Crippen LogP contribution is 2.27. The Balaban J connectivity index is 4.82. The molecule has 0 aromatic rings. The quantitative estimate of drug-likeness (QED) is 0.659. The maximum Gasteiger partial charge on any atom is 0.341 e. The summed E-state index contributed by atoms with van der Waals surface area (Å²) in [5.74, 6) is -2.52. The fourth-order valence-electron chi connectivity index (χ4n) is 1.28. The lowest BCUT2D eigenvalue weighted by Crippen LogP contribution is -2.48. The summed E-state index contributed by atoms with van der Waals surface area (Å²) in [4.78, 5) is 9.98. The summed E-state index contributed by atoms with van der Waals surface area (Å²) in [6.07, 6.45) is -28.9. The van der Waals surface area contributed by atoms with Crippen molar-refractivity contribution >= 4 is 5.97 Å². The van der Waals surface area contributed by atoms with Crippen LogP contribution in [0.25, 0.3) is 0 Å². The molecule has 11 heteroatoms. The lowest BCUT2D eigenvalue weighted by Gasteiger charge is -2.25. The lowest BCUT2D eigenvalue weighted by molar-refractivity contribution is -0.148. The van der Waals surface area contributed by atoms with Gasteiger partial charge in [0.05, 0.1) is 0 Å². The van der Waals surface area contributed by atoms with Crippen molar-refractivity contribution in [3.63, 3.8) is 0 Å². The zero-order valence-electron chi connectivity index (χ0n) is 10.1. The molecule has 0 aliphatic heterocycles. The topological polar surface area (TPSA) is 37.3 Å². The third kappa shape index (κ3) is 4.95. The molecule has 126 valence electrons. The Labute approximate surface area is 112 Å². The normalized spacial score (nSPS) is 23.5. The maximum absolute atomic E-state index is 13.1. The van der Waals surface area contributed by atoms with E-state index in [1.54, 1.807) is 0 Å². The Hall–Kier alpha value is -1.16. The van der Waals surface area contributed by atoms with Crippen LogP contribution in [0, 0.1) is 0 Å². The summed E-state index contributed by atoms with van der Waals surface area (Å²) >= 11 is 0. The average Bonchev–Trinajstić information content (AvgIpc) is 2.48. The number of carboxylic acid groups (broad SMARTS) is 1. The Kier molecular flexibility index (Phi) is 7.86. The van der Waals surface area contributed by atoms with Crippen LogP contribution in [0.5, 0.6) is 0 Å². The number of rotatable bonds is 9. The fourth-order valence-corrected chi connectivity index (χ4v) is 1.28. The number of carboxylic acids is 1. The maximum atomic E-state index is 13.1. The van der Waals surface area contributed by atoms with Gasteiger partial charge >= 0.3 is 5.97 Å². The van der Waals surface area contributed by atoms with Crippen molar-refractivity contribution < 1.29 is 49.4 Å². The molecular formula is C10H11F9O2. The number of halogens is 9. The number of aliphatic carboxylic acids is 1. The van der Waals surface area contributed by atoms with Crippen LogP contribution in [-0.4, -0.2) is 67.1 Å². The largest absolute Gasteiger partial charge is 0.479 e. The predicted octanol–water partition coefficient (Wildman–Crippen LogP) is 2.75. The highest BCUT2D eigenvalue weighted by molar-refractivity contribution is 5.73. The third-order valence-corrected chi connectivity index (χ3v) is 2.53. The van der Waals surface area contributed by atoms with Crippen LogP contribution in [0.2, 0.25) is 0 Å². The second-order valence-electron chi connectivity index (χ2n) is 4.08. The standard InChI is InChI=1S/C10H11F9O2/c11-1-2(12)3(13)4(14)5(15)6(16)7(17)8(18)9(19)10(20)21/h2-9H,1H2,(H,20,21). The van der Waals surface area contributed by atoms with Crippen molar-refractivity contribution in [2.45, 2.75) is 49.4 Å². The number of hydrogen-bond acceptors (Lipinski definition) is 1.